The van der Waals surface area contributed by atoms with Crippen LogP contribution in [-0.2, 0) is 11.3 Å². The molecular weight excluding hydrogens is 248 g/mol. The molecule has 2 N–H and O–H groups in total. The highest BCUT2D eigenvalue weighted by molar-refractivity contribution is 5.93. The zero-order valence-electron chi connectivity index (χ0n) is 10.2. The third-order valence-electron chi connectivity index (χ3n) is 2.52. The standard InChI is InChI=1S/C12H12N4O3/c1-8-6-9(12(18)19)2-3-10(8)14-11(17)7-16-5-4-13-15-16/h2-6H,7H2,1H3,(H,14,17)(H,18,19). The highest BCUT2D eigenvalue weighted by atomic mass is 16.4. The molecule has 7 heteroatoms. The second kappa shape index (κ2) is 5.30. The maximum Gasteiger partial charge on any atom is 0.335 e. The first kappa shape index (κ1) is 12.7. The summed E-state index contributed by atoms with van der Waals surface area (Å²) in [6.45, 7) is 1.79. The van der Waals surface area contributed by atoms with Crippen LogP contribution in [-0.4, -0.2) is 32.0 Å². The van der Waals surface area contributed by atoms with Crippen molar-refractivity contribution in [3.63, 3.8) is 0 Å². The molecule has 0 bridgehead atoms. The van der Waals surface area contributed by atoms with Crippen molar-refractivity contribution >= 4 is 17.6 Å². The zero-order chi connectivity index (χ0) is 13.8. The molecule has 0 unspecified atom stereocenters. The number of benzene rings is 1. The molecule has 0 aliphatic heterocycles. The lowest BCUT2D eigenvalue weighted by Crippen LogP contribution is -2.19. The van der Waals surface area contributed by atoms with Crippen molar-refractivity contribution in [3.05, 3.63) is 41.7 Å². The largest absolute Gasteiger partial charge is 0.478 e. The summed E-state index contributed by atoms with van der Waals surface area (Å²) in [5, 5.41) is 18.8. The van der Waals surface area contributed by atoms with Gasteiger partial charge in [0.2, 0.25) is 5.91 Å². The van der Waals surface area contributed by atoms with E-state index in [2.05, 4.69) is 15.6 Å². The van der Waals surface area contributed by atoms with Gasteiger partial charge in [0, 0.05) is 11.9 Å². The Labute approximate surface area is 108 Å². The Morgan fingerprint density at radius 2 is 2.21 bits per heavy atom. The summed E-state index contributed by atoms with van der Waals surface area (Å²) in [6.07, 6.45) is 3.07. The fourth-order valence-electron chi connectivity index (χ4n) is 1.59. The molecule has 0 saturated carbocycles. The van der Waals surface area contributed by atoms with Crippen LogP contribution in [0.3, 0.4) is 0 Å². The second-order valence-corrected chi connectivity index (χ2v) is 3.98. The Morgan fingerprint density at radius 1 is 1.42 bits per heavy atom. The Balaban J connectivity index is 2.07. The number of aryl methyl sites for hydroxylation is 1. The summed E-state index contributed by atoms with van der Waals surface area (Å²) in [5.41, 5.74) is 1.45. The number of nitrogens with zero attached hydrogens (tertiary/aromatic N) is 3. The van der Waals surface area contributed by atoms with Crippen LogP contribution in [0, 0.1) is 6.92 Å². The lowest BCUT2D eigenvalue weighted by Gasteiger charge is -2.08. The van der Waals surface area contributed by atoms with Crippen LogP contribution in [0.2, 0.25) is 0 Å². The quantitative estimate of drug-likeness (QED) is 0.852. The van der Waals surface area contributed by atoms with E-state index in [0.29, 0.717) is 11.3 Å². The van der Waals surface area contributed by atoms with E-state index in [4.69, 9.17) is 5.11 Å². The third-order valence-corrected chi connectivity index (χ3v) is 2.52. The summed E-state index contributed by atoms with van der Waals surface area (Å²) in [6, 6.07) is 4.52. The van der Waals surface area contributed by atoms with E-state index >= 15 is 0 Å². The molecule has 1 heterocycles. The van der Waals surface area contributed by atoms with Crippen LogP contribution in [0.1, 0.15) is 15.9 Å². The van der Waals surface area contributed by atoms with Crippen LogP contribution < -0.4 is 5.32 Å². The number of carbonyl (C=O) groups is 2. The van der Waals surface area contributed by atoms with Gasteiger partial charge in [-0.2, -0.15) is 0 Å². The molecule has 0 aliphatic carbocycles. The van der Waals surface area contributed by atoms with E-state index in [0.717, 1.165) is 0 Å². The molecule has 7 nitrogen and oxygen atoms in total. The molecule has 1 aromatic heterocycles. The average molecular weight is 260 g/mol. The Hall–Kier alpha value is -2.70. The molecule has 1 amide bonds. The number of carboxylic acids is 1. The second-order valence-electron chi connectivity index (χ2n) is 3.98. The molecule has 19 heavy (non-hydrogen) atoms. The SMILES string of the molecule is Cc1cc(C(=O)O)ccc1NC(=O)Cn1ccnn1. The number of rotatable bonds is 4. The van der Waals surface area contributed by atoms with Gasteiger partial charge in [-0.3, -0.25) is 4.79 Å². The maximum atomic E-state index is 11.7. The van der Waals surface area contributed by atoms with Gasteiger partial charge in [0.1, 0.15) is 6.54 Å². The number of carbonyl (C=O) groups excluding carboxylic acids is 1. The van der Waals surface area contributed by atoms with Gasteiger partial charge < -0.3 is 10.4 Å². The Morgan fingerprint density at radius 3 is 2.79 bits per heavy atom. The van der Waals surface area contributed by atoms with Crippen LogP contribution in [0.4, 0.5) is 5.69 Å². The maximum absolute atomic E-state index is 11.7. The lowest BCUT2D eigenvalue weighted by atomic mass is 10.1. The Bertz CT molecular complexity index is 607. The van der Waals surface area contributed by atoms with E-state index in [-0.39, 0.29) is 18.0 Å². The first-order chi connectivity index (χ1) is 9.06. The molecule has 0 radical (unpaired) electrons. The molecule has 0 saturated heterocycles. The number of aromatic nitrogens is 3. The van der Waals surface area contributed by atoms with Gasteiger partial charge >= 0.3 is 5.97 Å². The molecular formula is C12H12N4O3. The zero-order valence-corrected chi connectivity index (χ0v) is 10.2. The fourth-order valence-corrected chi connectivity index (χ4v) is 1.59. The highest BCUT2D eigenvalue weighted by Gasteiger charge is 2.09. The van der Waals surface area contributed by atoms with Gasteiger partial charge in [-0.05, 0) is 30.7 Å². The number of nitrogens with one attached hydrogen (secondary N) is 1. The molecule has 2 aromatic rings. The number of anilines is 1. The number of amides is 1. The van der Waals surface area contributed by atoms with E-state index in [9.17, 15) is 9.59 Å². The van der Waals surface area contributed by atoms with Crippen molar-refractivity contribution in [3.8, 4) is 0 Å². The number of hydrogen-bond acceptors (Lipinski definition) is 4. The first-order valence-electron chi connectivity index (χ1n) is 5.54. The Kier molecular flexibility index (Phi) is 3.56. The lowest BCUT2D eigenvalue weighted by molar-refractivity contribution is -0.116. The molecule has 0 atom stereocenters. The number of carboxylic acid groups (broad SMARTS) is 1. The van der Waals surface area contributed by atoms with Gasteiger partial charge in [-0.15, -0.1) is 5.10 Å². The van der Waals surface area contributed by atoms with Crippen molar-refractivity contribution in [1.82, 2.24) is 15.0 Å². The van der Waals surface area contributed by atoms with E-state index in [1.54, 1.807) is 19.2 Å². The molecule has 1 aromatic carbocycles. The van der Waals surface area contributed by atoms with Gasteiger partial charge in [0.15, 0.2) is 0 Å². The van der Waals surface area contributed by atoms with E-state index in [1.165, 1.54) is 23.0 Å². The monoisotopic (exact) mass is 260 g/mol. The van der Waals surface area contributed by atoms with Crippen molar-refractivity contribution in [1.29, 1.82) is 0 Å². The topological polar surface area (TPSA) is 97.1 Å². The molecule has 98 valence electrons. The predicted octanol–water partition coefficient (Wildman–Crippen LogP) is 0.923. The molecule has 0 aliphatic rings. The van der Waals surface area contributed by atoms with Gasteiger partial charge in [0.25, 0.3) is 0 Å². The van der Waals surface area contributed by atoms with Gasteiger partial charge in [-0.1, -0.05) is 5.21 Å². The number of aromatic carboxylic acids is 1. The summed E-state index contributed by atoms with van der Waals surface area (Å²) in [5.74, 6) is -1.25. The smallest absolute Gasteiger partial charge is 0.335 e. The van der Waals surface area contributed by atoms with E-state index < -0.39 is 5.97 Å². The van der Waals surface area contributed by atoms with Crippen LogP contribution >= 0.6 is 0 Å². The van der Waals surface area contributed by atoms with Crippen LogP contribution in [0.5, 0.6) is 0 Å². The minimum atomic E-state index is -0.997. The molecule has 0 fully saturated rings. The van der Waals surface area contributed by atoms with Gasteiger partial charge in [0.05, 0.1) is 11.8 Å². The summed E-state index contributed by atoms with van der Waals surface area (Å²) < 4.78 is 1.40. The summed E-state index contributed by atoms with van der Waals surface area (Å²) in [7, 11) is 0. The molecule has 0 spiro atoms. The van der Waals surface area contributed by atoms with Crippen molar-refractivity contribution in [2.24, 2.45) is 0 Å². The third kappa shape index (κ3) is 3.15. The first-order valence-corrected chi connectivity index (χ1v) is 5.54. The van der Waals surface area contributed by atoms with Crippen LogP contribution in [0.15, 0.2) is 30.6 Å². The van der Waals surface area contributed by atoms with Crippen LogP contribution in [0.25, 0.3) is 0 Å². The molecule has 2 rings (SSSR count). The minimum Gasteiger partial charge on any atom is -0.478 e. The normalized spacial score (nSPS) is 10.2. The van der Waals surface area contributed by atoms with Crippen molar-refractivity contribution < 1.29 is 14.7 Å². The van der Waals surface area contributed by atoms with Crippen molar-refractivity contribution in [2.45, 2.75) is 13.5 Å². The summed E-state index contributed by atoms with van der Waals surface area (Å²) in [4.78, 5) is 22.5. The van der Waals surface area contributed by atoms with E-state index in [1.807, 2.05) is 0 Å². The van der Waals surface area contributed by atoms with Crippen molar-refractivity contribution in [2.75, 3.05) is 5.32 Å². The average Bonchev–Trinajstić information content (AvgIpc) is 2.84. The predicted molar refractivity (Wildman–Crippen MR) is 66.8 cm³/mol. The minimum absolute atomic E-state index is 0.0557. The fraction of sp³-hybridized carbons (Fsp3) is 0.167. The number of hydrogen-bond donors (Lipinski definition) is 2. The van der Waals surface area contributed by atoms with Gasteiger partial charge in [-0.25, -0.2) is 9.48 Å². The highest BCUT2D eigenvalue weighted by Crippen LogP contribution is 2.16. The summed E-state index contributed by atoms with van der Waals surface area (Å²) >= 11 is 0.